The van der Waals surface area contributed by atoms with E-state index in [2.05, 4.69) is 16.8 Å². The SMILES string of the molecule is CC=CC=O.O=S([O-])OCCCS.[K+]. The van der Waals surface area contributed by atoms with Crippen LogP contribution < -0.4 is 51.4 Å². The van der Waals surface area contributed by atoms with E-state index >= 15 is 0 Å². The number of hydrogen-bond donors (Lipinski definition) is 1. The van der Waals surface area contributed by atoms with E-state index in [1.54, 1.807) is 13.0 Å². The Balaban J connectivity index is -0.000000177. The van der Waals surface area contributed by atoms with Crippen LogP contribution in [0.25, 0.3) is 0 Å². The molecule has 0 amide bonds. The fourth-order valence-corrected chi connectivity index (χ4v) is 0.653. The number of thiol groups is 1. The van der Waals surface area contributed by atoms with Gasteiger partial charge >= 0.3 is 51.4 Å². The molecule has 0 rings (SSSR count). The van der Waals surface area contributed by atoms with Crippen molar-refractivity contribution in [3.05, 3.63) is 12.2 Å². The molecule has 0 aliphatic heterocycles. The van der Waals surface area contributed by atoms with Crippen molar-refractivity contribution in [3.63, 3.8) is 0 Å². The van der Waals surface area contributed by atoms with Crippen LogP contribution in [-0.2, 0) is 20.3 Å². The number of hydrogen-bond acceptors (Lipinski definition) is 5. The normalized spacial score (nSPS) is 11.1. The smallest absolute Gasteiger partial charge is 0.750 e. The van der Waals surface area contributed by atoms with Gasteiger partial charge in [0, 0.05) is 0 Å². The van der Waals surface area contributed by atoms with E-state index in [-0.39, 0.29) is 58.0 Å². The first kappa shape index (κ1) is 20.8. The molecular formula is C7H13KO4S2. The van der Waals surface area contributed by atoms with Crippen molar-refractivity contribution in [1.29, 1.82) is 0 Å². The fourth-order valence-electron chi connectivity index (χ4n) is 0.270. The predicted octanol–water partition coefficient (Wildman–Crippen LogP) is -2.12. The number of carbonyl (C=O) groups excluding carboxylic acids is 1. The van der Waals surface area contributed by atoms with Gasteiger partial charge in [-0.3, -0.25) is 4.79 Å². The van der Waals surface area contributed by atoms with Gasteiger partial charge in [-0.15, -0.1) is 0 Å². The Morgan fingerprint density at radius 2 is 2.14 bits per heavy atom. The Kier molecular flexibility index (Phi) is 29.7. The molecule has 14 heavy (non-hydrogen) atoms. The molecule has 0 fully saturated rings. The average molecular weight is 264 g/mol. The Morgan fingerprint density at radius 1 is 1.57 bits per heavy atom. The van der Waals surface area contributed by atoms with Gasteiger partial charge in [0.15, 0.2) is 0 Å². The van der Waals surface area contributed by atoms with Crippen LogP contribution in [-0.4, -0.2) is 27.4 Å². The van der Waals surface area contributed by atoms with Crippen LogP contribution in [0.4, 0.5) is 0 Å². The molecule has 7 heteroatoms. The van der Waals surface area contributed by atoms with Gasteiger partial charge in [0.1, 0.15) is 6.29 Å². The third-order valence-electron chi connectivity index (χ3n) is 0.753. The third kappa shape index (κ3) is 29.2. The van der Waals surface area contributed by atoms with Crippen LogP contribution in [0.15, 0.2) is 12.2 Å². The number of allylic oxidation sites excluding steroid dienone is 2. The summed E-state index contributed by atoms with van der Waals surface area (Å²) in [5.41, 5.74) is 0. The molecule has 0 bridgehead atoms. The van der Waals surface area contributed by atoms with E-state index in [0.717, 1.165) is 6.29 Å². The molecular weight excluding hydrogens is 251 g/mol. The van der Waals surface area contributed by atoms with E-state index in [1.165, 1.54) is 6.08 Å². The van der Waals surface area contributed by atoms with Crippen LogP contribution in [0.1, 0.15) is 13.3 Å². The molecule has 0 saturated heterocycles. The molecule has 0 radical (unpaired) electrons. The first-order valence-corrected chi connectivity index (χ1v) is 5.22. The van der Waals surface area contributed by atoms with Crippen LogP contribution >= 0.6 is 12.6 Å². The van der Waals surface area contributed by atoms with Crippen molar-refractivity contribution in [1.82, 2.24) is 0 Å². The summed E-state index contributed by atoms with van der Waals surface area (Å²) in [5, 5.41) is 0. The maximum atomic E-state index is 9.63. The minimum Gasteiger partial charge on any atom is -0.750 e. The summed E-state index contributed by atoms with van der Waals surface area (Å²) < 4.78 is 23.4. The maximum Gasteiger partial charge on any atom is 1.00 e. The molecule has 1 unspecified atom stereocenters. The van der Waals surface area contributed by atoms with E-state index < -0.39 is 11.4 Å². The van der Waals surface area contributed by atoms with Crippen molar-refractivity contribution in [3.8, 4) is 0 Å². The van der Waals surface area contributed by atoms with Crippen LogP contribution in [0.5, 0.6) is 0 Å². The quantitative estimate of drug-likeness (QED) is 0.154. The summed E-state index contributed by atoms with van der Waals surface area (Å²) in [6.07, 6.45) is 4.55. The van der Waals surface area contributed by atoms with E-state index in [0.29, 0.717) is 12.2 Å². The van der Waals surface area contributed by atoms with Gasteiger partial charge in [-0.1, -0.05) is 6.08 Å². The minimum absolute atomic E-state index is 0. The summed E-state index contributed by atoms with van der Waals surface area (Å²) in [5.74, 6) is 0.650. The molecule has 0 aromatic rings. The van der Waals surface area contributed by atoms with Gasteiger partial charge in [-0.2, -0.15) is 12.6 Å². The van der Waals surface area contributed by atoms with E-state index in [1.807, 2.05) is 0 Å². The van der Waals surface area contributed by atoms with E-state index in [9.17, 15) is 13.6 Å². The van der Waals surface area contributed by atoms with E-state index in [4.69, 9.17) is 0 Å². The summed E-state index contributed by atoms with van der Waals surface area (Å²) >= 11 is 1.49. The molecule has 0 heterocycles. The van der Waals surface area contributed by atoms with Crippen molar-refractivity contribution >= 4 is 30.3 Å². The van der Waals surface area contributed by atoms with Crippen molar-refractivity contribution in [2.24, 2.45) is 0 Å². The van der Waals surface area contributed by atoms with Crippen molar-refractivity contribution < 1.29 is 69.1 Å². The molecule has 78 valence electrons. The van der Waals surface area contributed by atoms with Gasteiger partial charge in [0.2, 0.25) is 0 Å². The van der Waals surface area contributed by atoms with Crippen molar-refractivity contribution in [2.45, 2.75) is 13.3 Å². The van der Waals surface area contributed by atoms with Crippen LogP contribution in [0.2, 0.25) is 0 Å². The van der Waals surface area contributed by atoms with Gasteiger partial charge in [0.25, 0.3) is 0 Å². The molecule has 4 nitrogen and oxygen atoms in total. The molecule has 0 aliphatic carbocycles. The Labute approximate surface area is 135 Å². The average Bonchev–Trinajstić information content (AvgIpc) is 2.07. The Bertz CT molecular complexity index is 164. The standard InChI is InChI=1S/C4H6O.C3H8O3S2.K/c1-2-3-4-5;4-8(5)6-2-1-3-7;/h2-4H,1H3;7H,1-3H2,(H,4,5);/q;;+1/p-1. The largest absolute Gasteiger partial charge is 1.00 e. The first-order chi connectivity index (χ1) is 6.18. The topological polar surface area (TPSA) is 66.4 Å². The molecule has 1 atom stereocenters. The maximum absolute atomic E-state index is 9.63. The Morgan fingerprint density at radius 3 is 2.36 bits per heavy atom. The van der Waals surface area contributed by atoms with Gasteiger partial charge < -0.3 is 8.74 Å². The van der Waals surface area contributed by atoms with Gasteiger partial charge in [-0.25, -0.2) is 4.21 Å². The zero-order valence-electron chi connectivity index (χ0n) is 8.34. The molecule has 0 spiro atoms. The van der Waals surface area contributed by atoms with Crippen LogP contribution in [0, 0.1) is 0 Å². The zero-order valence-corrected chi connectivity index (χ0v) is 13.2. The summed E-state index contributed by atoms with van der Waals surface area (Å²) in [4.78, 5) is 9.32. The fraction of sp³-hybridized carbons (Fsp3) is 0.571. The molecule has 0 saturated carbocycles. The third-order valence-corrected chi connectivity index (χ3v) is 1.43. The number of aldehydes is 1. The molecule has 0 aliphatic rings. The zero-order chi connectivity index (χ0) is 10.5. The number of carbonyl (C=O) groups is 1. The van der Waals surface area contributed by atoms with Gasteiger partial charge in [-0.05, 0) is 25.2 Å². The Hall–Kier alpha value is 1.47. The number of rotatable bonds is 5. The monoisotopic (exact) mass is 264 g/mol. The van der Waals surface area contributed by atoms with Crippen LogP contribution in [0.3, 0.4) is 0 Å². The summed E-state index contributed by atoms with van der Waals surface area (Å²) in [7, 11) is 0. The minimum atomic E-state index is -2.35. The van der Waals surface area contributed by atoms with Crippen molar-refractivity contribution in [2.75, 3.05) is 12.4 Å². The second kappa shape index (κ2) is 20.0. The molecule has 0 N–H and O–H groups in total. The molecule has 0 aromatic carbocycles. The summed E-state index contributed by atoms with van der Waals surface area (Å²) in [6, 6.07) is 0. The second-order valence-corrected chi connectivity index (χ2v) is 2.86. The first-order valence-electron chi connectivity index (χ1n) is 3.58. The predicted molar refractivity (Wildman–Crippen MR) is 54.2 cm³/mol. The van der Waals surface area contributed by atoms with Gasteiger partial charge in [0.05, 0.1) is 18.0 Å². The second-order valence-electron chi connectivity index (χ2n) is 1.77. The molecule has 0 aromatic heterocycles. The summed E-state index contributed by atoms with van der Waals surface area (Å²) in [6.45, 7) is 2.04.